The predicted molar refractivity (Wildman–Crippen MR) is 121 cm³/mol. The Balaban J connectivity index is 1.92. The molecule has 0 unspecified atom stereocenters. The first-order valence-electron chi connectivity index (χ1n) is 9.74. The van der Waals surface area contributed by atoms with Crippen molar-refractivity contribution < 1.29 is 19.1 Å². The Morgan fingerprint density at radius 1 is 1.28 bits per heavy atom. The Morgan fingerprint density at radius 2 is 2.03 bits per heavy atom. The number of nitrogens with zero attached hydrogens (tertiary/aromatic N) is 4. The standard InChI is InChI=1S/C20H21N5O6S/c1-11(2)7-9-24-19-13(4-3-8-21-19)17(26)16(20(24)27)18-22-14-6-5-12(25(28)29)10-15(14)32(30,31)23-18/h3-6,8,10-11,26,30-31H,7,9H2,1-2H3,(H,22,23). The zero-order chi connectivity index (χ0) is 23.2. The van der Waals surface area contributed by atoms with Crippen LogP contribution in [0.3, 0.4) is 0 Å². The highest BCUT2D eigenvalue weighted by Gasteiger charge is 2.32. The highest BCUT2D eigenvalue weighted by atomic mass is 32.3. The van der Waals surface area contributed by atoms with Crippen molar-refractivity contribution in [3.8, 4) is 5.75 Å². The van der Waals surface area contributed by atoms with Crippen LogP contribution in [0.1, 0.15) is 25.8 Å². The van der Waals surface area contributed by atoms with E-state index in [9.17, 15) is 29.1 Å². The lowest BCUT2D eigenvalue weighted by atomic mass is 10.1. The number of nitro benzene ring substituents is 1. The Morgan fingerprint density at radius 3 is 2.72 bits per heavy atom. The summed E-state index contributed by atoms with van der Waals surface area (Å²) in [5, 5.41) is 25.1. The maximum Gasteiger partial charge on any atom is 0.271 e. The minimum Gasteiger partial charge on any atom is -0.506 e. The molecule has 1 aromatic carbocycles. The molecule has 3 aromatic rings. The molecule has 3 heterocycles. The van der Waals surface area contributed by atoms with Crippen molar-refractivity contribution >= 4 is 39.0 Å². The molecule has 0 bridgehead atoms. The van der Waals surface area contributed by atoms with Crippen LogP contribution in [0.2, 0.25) is 0 Å². The van der Waals surface area contributed by atoms with Gasteiger partial charge in [-0.1, -0.05) is 24.6 Å². The van der Waals surface area contributed by atoms with Crippen molar-refractivity contribution in [1.82, 2.24) is 9.55 Å². The number of nitro groups is 1. The van der Waals surface area contributed by atoms with Crippen molar-refractivity contribution in [2.24, 2.45) is 10.3 Å². The van der Waals surface area contributed by atoms with Crippen molar-refractivity contribution in [1.29, 1.82) is 0 Å². The smallest absolute Gasteiger partial charge is 0.271 e. The third kappa shape index (κ3) is 3.68. The molecule has 12 heteroatoms. The van der Waals surface area contributed by atoms with Gasteiger partial charge < -0.3 is 10.4 Å². The van der Waals surface area contributed by atoms with Crippen LogP contribution >= 0.6 is 10.8 Å². The third-order valence-electron chi connectivity index (χ3n) is 5.10. The topological polar surface area (TPSA) is 163 Å². The molecule has 0 spiro atoms. The number of fused-ring (bicyclic) bond motifs is 2. The van der Waals surface area contributed by atoms with Gasteiger partial charge in [0.25, 0.3) is 11.2 Å². The number of rotatable bonds is 5. The van der Waals surface area contributed by atoms with Crippen LogP contribution in [0.25, 0.3) is 11.0 Å². The molecule has 11 nitrogen and oxygen atoms in total. The van der Waals surface area contributed by atoms with E-state index in [-0.39, 0.29) is 27.7 Å². The summed E-state index contributed by atoms with van der Waals surface area (Å²) in [5.74, 6) is -0.332. The monoisotopic (exact) mass is 459 g/mol. The van der Waals surface area contributed by atoms with Crippen molar-refractivity contribution in [2.75, 3.05) is 5.32 Å². The van der Waals surface area contributed by atoms with Gasteiger partial charge in [0, 0.05) is 24.9 Å². The number of aryl methyl sites for hydroxylation is 1. The van der Waals surface area contributed by atoms with E-state index < -0.39 is 27.0 Å². The summed E-state index contributed by atoms with van der Waals surface area (Å²) in [5.41, 5.74) is -0.725. The summed E-state index contributed by atoms with van der Waals surface area (Å²) >= 11 is 0. The number of anilines is 1. The minimum atomic E-state index is -3.87. The lowest BCUT2D eigenvalue weighted by Crippen LogP contribution is -2.32. The highest BCUT2D eigenvalue weighted by molar-refractivity contribution is 8.23. The number of aromatic hydroxyl groups is 1. The fourth-order valence-corrected chi connectivity index (χ4v) is 4.64. The third-order valence-corrected chi connectivity index (χ3v) is 6.47. The summed E-state index contributed by atoms with van der Waals surface area (Å²) in [7, 11) is -3.87. The second-order valence-corrected chi connectivity index (χ2v) is 9.42. The molecule has 0 radical (unpaired) electrons. The largest absolute Gasteiger partial charge is 0.506 e. The number of hydrogen-bond donors (Lipinski definition) is 4. The van der Waals surface area contributed by atoms with E-state index in [1.165, 1.54) is 22.9 Å². The second kappa shape index (κ2) is 7.89. The molecule has 0 saturated heterocycles. The normalized spacial score (nSPS) is 15.7. The van der Waals surface area contributed by atoms with Gasteiger partial charge in [0.1, 0.15) is 21.9 Å². The number of benzene rings is 1. The number of amidine groups is 1. The van der Waals surface area contributed by atoms with Gasteiger partial charge in [-0.05, 0) is 30.5 Å². The Bertz CT molecular complexity index is 1330. The van der Waals surface area contributed by atoms with E-state index >= 15 is 0 Å². The average molecular weight is 459 g/mol. The van der Waals surface area contributed by atoms with Gasteiger partial charge in [-0.3, -0.25) is 28.6 Å². The quantitative estimate of drug-likeness (QED) is 0.329. The number of aromatic nitrogens is 2. The van der Waals surface area contributed by atoms with E-state index in [4.69, 9.17) is 0 Å². The van der Waals surface area contributed by atoms with E-state index in [0.29, 0.717) is 29.9 Å². The zero-order valence-corrected chi connectivity index (χ0v) is 18.0. The summed E-state index contributed by atoms with van der Waals surface area (Å²) < 4.78 is 26.5. The Hall–Kier alpha value is -3.48. The zero-order valence-electron chi connectivity index (χ0n) is 17.2. The van der Waals surface area contributed by atoms with Gasteiger partial charge in [-0.15, -0.1) is 4.40 Å². The molecule has 4 N–H and O–H groups in total. The van der Waals surface area contributed by atoms with Crippen LogP contribution < -0.4 is 10.9 Å². The number of nitrogens with one attached hydrogen (secondary N) is 1. The molecule has 0 aliphatic carbocycles. The van der Waals surface area contributed by atoms with Crippen molar-refractivity contribution in [2.45, 2.75) is 31.7 Å². The lowest BCUT2D eigenvalue weighted by molar-refractivity contribution is -0.385. The molecule has 2 aromatic heterocycles. The fraction of sp³-hybridized carbons (Fsp3) is 0.250. The lowest BCUT2D eigenvalue weighted by Gasteiger charge is -2.34. The Labute approximate surface area is 183 Å². The van der Waals surface area contributed by atoms with Crippen LogP contribution in [0.5, 0.6) is 5.75 Å². The van der Waals surface area contributed by atoms with Gasteiger partial charge >= 0.3 is 0 Å². The molecular formula is C20H21N5O6S. The van der Waals surface area contributed by atoms with Crippen LogP contribution in [0.15, 0.2) is 50.6 Å². The van der Waals surface area contributed by atoms with Gasteiger partial charge in [-0.2, -0.15) is 0 Å². The maximum atomic E-state index is 13.4. The molecule has 32 heavy (non-hydrogen) atoms. The molecule has 0 saturated carbocycles. The van der Waals surface area contributed by atoms with E-state index in [1.807, 2.05) is 13.8 Å². The van der Waals surface area contributed by atoms with E-state index in [2.05, 4.69) is 14.7 Å². The van der Waals surface area contributed by atoms with Gasteiger partial charge in [0.05, 0.1) is 16.0 Å². The van der Waals surface area contributed by atoms with Gasteiger partial charge in [-0.25, -0.2) is 4.98 Å². The van der Waals surface area contributed by atoms with Crippen LogP contribution in [-0.4, -0.2) is 34.5 Å². The van der Waals surface area contributed by atoms with Gasteiger partial charge in [0.2, 0.25) is 0 Å². The Kier molecular flexibility index (Phi) is 5.36. The summed E-state index contributed by atoms with van der Waals surface area (Å²) in [6, 6.07) is 6.72. The molecule has 0 fully saturated rings. The summed E-state index contributed by atoms with van der Waals surface area (Å²) in [6.07, 6.45) is 2.19. The second-order valence-electron chi connectivity index (χ2n) is 7.76. The molecular weight excluding hydrogens is 438 g/mol. The highest BCUT2D eigenvalue weighted by Crippen LogP contribution is 2.56. The van der Waals surface area contributed by atoms with Crippen LogP contribution in [-0.2, 0) is 6.54 Å². The molecule has 0 atom stereocenters. The molecule has 1 aliphatic rings. The SMILES string of the molecule is CC(C)CCn1c(=O)c(C2=NS(O)(O)c3cc([N+](=O)[O-])ccc3N2)c(O)c2cccnc21. The van der Waals surface area contributed by atoms with Crippen molar-refractivity contribution in [3.63, 3.8) is 0 Å². The number of pyridine rings is 2. The molecule has 168 valence electrons. The first-order chi connectivity index (χ1) is 15.1. The summed E-state index contributed by atoms with van der Waals surface area (Å²) in [4.78, 5) is 27.8. The van der Waals surface area contributed by atoms with Gasteiger partial charge in [0.15, 0.2) is 5.84 Å². The van der Waals surface area contributed by atoms with Crippen LogP contribution in [0.4, 0.5) is 11.4 Å². The predicted octanol–water partition coefficient (Wildman–Crippen LogP) is 3.95. The first-order valence-corrected chi connectivity index (χ1v) is 11.2. The molecule has 0 amide bonds. The van der Waals surface area contributed by atoms with Crippen LogP contribution in [0, 0.1) is 16.0 Å². The molecule has 1 aliphatic heterocycles. The average Bonchev–Trinajstić information content (AvgIpc) is 2.73. The maximum absolute atomic E-state index is 13.4. The fourth-order valence-electron chi connectivity index (χ4n) is 3.46. The molecule has 4 rings (SSSR count). The summed E-state index contributed by atoms with van der Waals surface area (Å²) in [6.45, 7) is 4.36. The van der Waals surface area contributed by atoms with Crippen molar-refractivity contribution in [3.05, 3.63) is 62.6 Å². The van der Waals surface area contributed by atoms with E-state index in [0.717, 1.165) is 6.07 Å². The van der Waals surface area contributed by atoms with E-state index in [1.54, 1.807) is 12.1 Å². The minimum absolute atomic E-state index is 0.138. The number of non-ortho nitro benzene ring substituents is 1. The first kappa shape index (κ1) is 21.7. The number of hydrogen-bond acceptors (Lipinski definition) is 9.